The molecule has 0 unspecified atom stereocenters. The Labute approximate surface area is 169 Å². The van der Waals surface area contributed by atoms with E-state index in [0.29, 0.717) is 41.8 Å². The van der Waals surface area contributed by atoms with E-state index in [9.17, 15) is 4.79 Å². The van der Waals surface area contributed by atoms with Gasteiger partial charge in [0, 0.05) is 25.6 Å². The number of hydrogen-bond acceptors (Lipinski definition) is 9. The maximum Gasteiger partial charge on any atom is 0.292 e. The van der Waals surface area contributed by atoms with Gasteiger partial charge < -0.3 is 18.7 Å². The second-order valence-corrected chi connectivity index (χ2v) is 7.74. The average Bonchev–Trinajstić information content (AvgIpc) is 3.39. The second kappa shape index (κ2) is 7.37. The highest BCUT2D eigenvalue weighted by Crippen LogP contribution is 2.27. The molecule has 1 saturated heterocycles. The molecule has 1 fully saturated rings. The Bertz CT molecular complexity index is 1220. The monoisotopic (exact) mass is 410 g/mol. The van der Waals surface area contributed by atoms with Crippen molar-refractivity contribution >= 4 is 26.8 Å². The van der Waals surface area contributed by atoms with Crippen LogP contribution in [0, 0.1) is 6.92 Å². The van der Waals surface area contributed by atoms with Crippen LogP contribution in [0.5, 0.6) is 0 Å². The zero-order valence-electron chi connectivity index (χ0n) is 15.7. The van der Waals surface area contributed by atoms with Crippen molar-refractivity contribution in [3.63, 3.8) is 0 Å². The lowest BCUT2D eigenvalue weighted by Gasteiger charge is -2.25. The van der Waals surface area contributed by atoms with Gasteiger partial charge in [0.25, 0.3) is 5.56 Å². The highest BCUT2D eigenvalue weighted by atomic mass is 32.1. The fourth-order valence-corrected chi connectivity index (χ4v) is 4.32. The molecule has 29 heavy (non-hydrogen) atoms. The molecule has 0 N–H and O–H groups in total. The number of nitrogens with zero attached hydrogens (tertiary/aromatic N) is 6. The molecule has 5 rings (SSSR count). The predicted molar refractivity (Wildman–Crippen MR) is 108 cm³/mol. The van der Waals surface area contributed by atoms with Crippen LogP contribution in [0.1, 0.15) is 11.5 Å². The molecule has 1 aliphatic rings. The maximum atomic E-state index is 12.3. The highest BCUT2D eigenvalue weighted by Gasteiger charge is 2.18. The Morgan fingerprint density at radius 3 is 2.86 bits per heavy atom. The van der Waals surface area contributed by atoms with Crippen molar-refractivity contribution in [1.29, 1.82) is 0 Å². The molecule has 0 amide bonds. The number of fused-ring (bicyclic) bond motifs is 1. The first-order valence-electron chi connectivity index (χ1n) is 9.26. The Hall–Kier alpha value is -3.11. The summed E-state index contributed by atoms with van der Waals surface area (Å²) in [6.45, 7) is 5.17. The van der Waals surface area contributed by atoms with Gasteiger partial charge in [-0.3, -0.25) is 4.79 Å². The van der Waals surface area contributed by atoms with Crippen molar-refractivity contribution < 1.29 is 9.26 Å². The summed E-state index contributed by atoms with van der Waals surface area (Å²) in [7, 11) is 0. The molecule has 3 aromatic heterocycles. The molecule has 0 aliphatic carbocycles. The molecule has 0 spiro atoms. The van der Waals surface area contributed by atoms with E-state index in [1.54, 1.807) is 13.3 Å². The lowest BCUT2D eigenvalue weighted by molar-refractivity contribution is 0.122. The van der Waals surface area contributed by atoms with E-state index in [1.807, 2.05) is 28.8 Å². The summed E-state index contributed by atoms with van der Waals surface area (Å²) in [6.07, 6.45) is 1.55. The summed E-state index contributed by atoms with van der Waals surface area (Å²) in [5, 5.41) is 4.81. The Morgan fingerprint density at radius 1 is 1.21 bits per heavy atom. The lowest BCUT2D eigenvalue weighted by atomic mass is 10.1. The van der Waals surface area contributed by atoms with Crippen LogP contribution in [0.15, 0.2) is 39.9 Å². The first-order chi connectivity index (χ1) is 14.2. The van der Waals surface area contributed by atoms with Gasteiger partial charge in [-0.05, 0) is 11.6 Å². The van der Waals surface area contributed by atoms with Gasteiger partial charge in [0.15, 0.2) is 10.8 Å². The lowest BCUT2D eigenvalue weighted by Crippen LogP contribution is -2.36. The van der Waals surface area contributed by atoms with Gasteiger partial charge in [0.2, 0.25) is 11.7 Å². The van der Waals surface area contributed by atoms with Crippen molar-refractivity contribution in [2.75, 3.05) is 31.2 Å². The number of aryl methyl sites for hydroxylation is 1. The van der Waals surface area contributed by atoms with Crippen molar-refractivity contribution in [3.05, 3.63) is 52.4 Å². The Morgan fingerprint density at radius 2 is 2.07 bits per heavy atom. The normalized spacial score (nSPS) is 14.6. The summed E-state index contributed by atoms with van der Waals surface area (Å²) in [4.78, 5) is 27.5. The number of hydrogen-bond donors (Lipinski definition) is 0. The van der Waals surface area contributed by atoms with E-state index in [1.165, 1.54) is 11.3 Å². The second-order valence-electron chi connectivity index (χ2n) is 6.76. The number of anilines is 1. The summed E-state index contributed by atoms with van der Waals surface area (Å²) < 4.78 is 13.0. The van der Waals surface area contributed by atoms with Crippen LogP contribution in [-0.4, -0.2) is 51.0 Å². The van der Waals surface area contributed by atoms with Gasteiger partial charge >= 0.3 is 0 Å². The standard InChI is InChI=1S/C19H18N6O3S/c1-12-21-16(23-28-12)14-4-2-3-13(9-14)10-25-11-20-18(26)15-17(25)22-19(29-15)24-5-7-27-8-6-24/h2-4,9,11H,5-8,10H2,1H3. The van der Waals surface area contributed by atoms with Crippen LogP contribution in [0.2, 0.25) is 0 Å². The van der Waals surface area contributed by atoms with Gasteiger partial charge in [-0.2, -0.15) is 9.97 Å². The van der Waals surface area contributed by atoms with E-state index >= 15 is 0 Å². The summed E-state index contributed by atoms with van der Waals surface area (Å²) in [5.41, 5.74) is 2.30. The van der Waals surface area contributed by atoms with Crippen molar-refractivity contribution in [2.24, 2.45) is 0 Å². The predicted octanol–water partition coefficient (Wildman–Crippen LogP) is 2.10. The third-order valence-electron chi connectivity index (χ3n) is 4.73. The molecule has 0 radical (unpaired) electrons. The average molecular weight is 410 g/mol. The van der Waals surface area contributed by atoms with Crippen LogP contribution >= 0.6 is 11.3 Å². The summed E-state index contributed by atoms with van der Waals surface area (Å²) >= 11 is 1.39. The molecular formula is C19H18N6O3S. The molecule has 148 valence electrons. The van der Waals surface area contributed by atoms with E-state index in [0.717, 1.165) is 29.3 Å². The molecule has 4 aromatic rings. The van der Waals surface area contributed by atoms with Gasteiger partial charge in [0.1, 0.15) is 11.0 Å². The topological polar surface area (TPSA) is 99.2 Å². The van der Waals surface area contributed by atoms with Crippen LogP contribution in [0.4, 0.5) is 5.13 Å². The molecule has 0 bridgehead atoms. The number of aromatic nitrogens is 5. The number of benzene rings is 1. The van der Waals surface area contributed by atoms with Crippen molar-refractivity contribution in [2.45, 2.75) is 13.5 Å². The molecule has 4 heterocycles. The van der Waals surface area contributed by atoms with Crippen molar-refractivity contribution in [1.82, 2.24) is 24.7 Å². The first-order valence-corrected chi connectivity index (χ1v) is 10.1. The molecule has 10 heteroatoms. The Kier molecular flexibility index (Phi) is 4.57. The van der Waals surface area contributed by atoms with Gasteiger partial charge in [-0.25, -0.2) is 4.98 Å². The summed E-state index contributed by atoms with van der Waals surface area (Å²) in [6, 6.07) is 7.90. The maximum absolute atomic E-state index is 12.3. The zero-order chi connectivity index (χ0) is 19.8. The first kappa shape index (κ1) is 18.0. The van der Waals surface area contributed by atoms with Gasteiger partial charge in [-0.15, -0.1) is 0 Å². The van der Waals surface area contributed by atoms with Gasteiger partial charge in [0.05, 0.1) is 19.8 Å². The molecule has 1 aliphatic heterocycles. The number of ether oxygens (including phenoxy) is 1. The number of thiazole rings is 1. The van der Waals surface area contributed by atoms with Crippen molar-refractivity contribution in [3.8, 4) is 11.4 Å². The molecule has 1 aromatic carbocycles. The van der Waals surface area contributed by atoms with Crippen LogP contribution in [0.3, 0.4) is 0 Å². The minimum absolute atomic E-state index is 0.246. The third kappa shape index (κ3) is 3.52. The number of morpholine rings is 1. The smallest absolute Gasteiger partial charge is 0.292 e. The fraction of sp³-hybridized carbons (Fsp3) is 0.316. The summed E-state index contributed by atoms with van der Waals surface area (Å²) in [5.74, 6) is 1.07. The van der Waals surface area contributed by atoms with Crippen LogP contribution in [-0.2, 0) is 11.3 Å². The fourth-order valence-electron chi connectivity index (χ4n) is 3.30. The highest BCUT2D eigenvalue weighted by molar-refractivity contribution is 7.22. The molecule has 9 nitrogen and oxygen atoms in total. The quantitative estimate of drug-likeness (QED) is 0.504. The van der Waals surface area contributed by atoms with Crippen LogP contribution in [0.25, 0.3) is 21.7 Å². The minimum Gasteiger partial charge on any atom is -0.378 e. The van der Waals surface area contributed by atoms with E-state index < -0.39 is 0 Å². The third-order valence-corrected chi connectivity index (χ3v) is 5.82. The molecule has 0 atom stereocenters. The molecule has 0 saturated carbocycles. The SMILES string of the molecule is Cc1nc(-c2cccc(Cn3cnc(=O)c4sc(N5CCOCC5)nc43)c2)no1. The van der Waals surface area contributed by atoms with Crippen LogP contribution < -0.4 is 10.5 Å². The largest absolute Gasteiger partial charge is 0.378 e. The zero-order valence-corrected chi connectivity index (χ0v) is 16.6. The Balaban J connectivity index is 1.50. The molecular weight excluding hydrogens is 392 g/mol. The van der Waals surface area contributed by atoms with Gasteiger partial charge in [-0.1, -0.05) is 34.7 Å². The van der Waals surface area contributed by atoms with E-state index in [4.69, 9.17) is 14.2 Å². The van der Waals surface area contributed by atoms with E-state index in [2.05, 4.69) is 20.0 Å². The van der Waals surface area contributed by atoms with E-state index in [-0.39, 0.29) is 5.56 Å². The number of rotatable bonds is 4. The minimum atomic E-state index is -0.246.